The van der Waals surface area contributed by atoms with Crippen molar-refractivity contribution in [1.82, 2.24) is 9.55 Å². The first-order chi connectivity index (χ1) is 21.1. The van der Waals surface area contributed by atoms with E-state index in [0.717, 1.165) is 45.5 Å². The molecule has 0 bridgehead atoms. The number of hydrogen-bond donors (Lipinski definition) is 2. The summed E-state index contributed by atoms with van der Waals surface area (Å²) in [6.07, 6.45) is -1.36. The second kappa shape index (κ2) is 15.3. The van der Waals surface area contributed by atoms with E-state index in [2.05, 4.69) is 30.0 Å². The predicted molar refractivity (Wildman–Crippen MR) is 148 cm³/mol. The Hall–Kier alpha value is -3.00. The van der Waals surface area contributed by atoms with Crippen molar-refractivity contribution in [1.29, 1.82) is 5.26 Å². The van der Waals surface area contributed by atoms with Gasteiger partial charge < -0.3 is 43.2 Å². The van der Waals surface area contributed by atoms with Crippen molar-refractivity contribution >= 4 is 42.5 Å². The summed E-state index contributed by atoms with van der Waals surface area (Å²) in [5.74, 6) is 0.423. The van der Waals surface area contributed by atoms with Crippen molar-refractivity contribution in [3.8, 4) is 6.07 Å². The number of hydrogen-bond acceptors (Lipinski definition) is 15. The van der Waals surface area contributed by atoms with Crippen molar-refractivity contribution in [3.05, 3.63) is 28.5 Å². The molecule has 1 saturated heterocycles. The molecule has 2 fully saturated rings. The molecule has 2 aromatic rings. The Balaban J connectivity index is 1.44. The SMILES string of the molecule is COC(=O)OCOP(=O)(COC[C@H]1O[C@@H](n2ccc3c(CC4CCCC4)c(C#N)c(Cl)nc32)[C@H](O)[C@@H]1O)OCOC(=O)OC. The fourth-order valence-electron chi connectivity index (χ4n) is 5.15. The molecule has 2 N–H and O–H groups in total. The van der Waals surface area contributed by atoms with Crippen molar-refractivity contribution in [2.45, 2.75) is 56.6 Å². The largest absolute Gasteiger partial charge is 0.510 e. The average molecular weight is 662 g/mol. The highest BCUT2D eigenvalue weighted by Gasteiger charge is 2.45. The van der Waals surface area contributed by atoms with Crippen molar-refractivity contribution < 1.29 is 61.8 Å². The molecule has 44 heavy (non-hydrogen) atoms. The first-order valence-electron chi connectivity index (χ1n) is 13.6. The Labute approximate surface area is 257 Å². The number of methoxy groups -OCH3 is 2. The lowest BCUT2D eigenvalue weighted by Gasteiger charge is -2.20. The number of rotatable bonds is 13. The Kier molecular flexibility index (Phi) is 11.8. The van der Waals surface area contributed by atoms with Gasteiger partial charge in [0.25, 0.3) is 0 Å². The molecular formula is C26H33ClN3O13P. The highest BCUT2D eigenvalue weighted by Crippen LogP contribution is 2.48. The third kappa shape index (κ3) is 7.98. The van der Waals surface area contributed by atoms with Crippen LogP contribution in [-0.4, -0.2) is 91.1 Å². The van der Waals surface area contributed by atoms with Crippen LogP contribution in [-0.2, 0) is 48.5 Å². The lowest BCUT2D eigenvalue weighted by Crippen LogP contribution is -2.34. The normalized spacial score (nSPS) is 22.2. The Bertz CT molecular complexity index is 1380. The number of aliphatic hydroxyl groups excluding tert-OH is 2. The molecular weight excluding hydrogens is 629 g/mol. The zero-order valence-electron chi connectivity index (χ0n) is 24.0. The van der Waals surface area contributed by atoms with Crippen LogP contribution in [0.1, 0.15) is 43.0 Å². The van der Waals surface area contributed by atoms with E-state index >= 15 is 0 Å². The maximum atomic E-state index is 13.1. The average Bonchev–Trinajstić information content (AvgIpc) is 3.73. The maximum Gasteiger partial charge on any atom is 0.510 e. The van der Waals surface area contributed by atoms with Gasteiger partial charge in [-0.2, -0.15) is 5.26 Å². The van der Waals surface area contributed by atoms with E-state index in [1.54, 1.807) is 12.3 Å². The summed E-state index contributed by atoms with van der Waals surface area (Å²) in [6.45, 7) is -2.08. The number of nitriles is 1. The molecule has 0 radical (unpaired) electrons. The van der Waals surface area contributed by atoms with E-state index in [0.29, 0.717) is 28.9 Å². The lowest BCUT2D eigenvalue weighted by atomic mass is 9.94. The number of carbonyl (C=O) groups excluding carboxylic acids is 2. The van der Waals surface area contributed by atoms with Gasteiger partial charge in [-0.05, 0) is 24.0 Å². The predicted octanol–water partition coefficient (Wildman–Crippen LogP) is 3.59. The second-order valence-electron chi connectivity index (χ2n) is 10.0. The van der Waals surface area contributed by atoms with E-state index in [-0.39, 0.29) is 11.8 Å². The van der Waals surface area contributed by atoms with Crippen LogP contribution < -0.4 is 0 Å². The van der Waals surface area contributed by atoms with Crippen molar-refractivity contribution in [3.63, 3.8) is 0 Å². The van der Waals surface area contributed by atoms with Gasteiger partial charge in [-0.25, -0.2) is 14.6 Å². The Morgan fingerprint density at radius 3 is 2.36 bits per heavy atom. The minimum absolute atomic E-state index is 0.0315. The molecule has 2 aromatic heterocycles. The van der Waals surface area contributed by atoms with E-state index < -0.39 is 64.4 Å². The molecule has 0 unspecified atom stereocenters. The number of aromatic nitrogens is 2. The standard InChI is InChI=1S/C26H33ClN3O13P/c1-36-25(33)39-12-41-44(35,42-13-40-26(34)37-2)14-38-11-19-20(31)21(32)24(43-19)30-8-7-16-17(9-15-5-3-4-6-15)18(10-28)22(27)29-23(16)30/h7-8,15,19-21,24,31-32H,3-6,9,11-14H2,1-2H3/t19-,20-,21-,24-/m1/s1. The van der Waals surface area contributed by atoms with E-state index in [1.165, 1.54) is 4.57 Å². The molecule has 242 valence electrons. The minimum atomic E-state index is -4.22. The zero-order valence-corrected chi connectivity index (χ0v) is 25.6. The summed E-state index contributed by atoms with van der Waals surface area (Å²) < 4.78 is 53.7. The summed E-state index contributed by atoms with van der Waals surface area (Å²) in [5, 5.41) is 32.1. The van der Waals surface area contributed by atoms with Gasteiger partial charge in [-0.3, -0.25) is 13.6 Å². The van der Waals surface area contributed by atoms with Crippen LogP contribution in [0.3, 0.4) is 0 Å². The first kappa shape index (κ1) is 33.9. The third-order valence-electron chi connectivity index (χ3n) is 7.33. The van der Waals surface area contributed by atoms with Crippen LogP contribution in [0.4, 0.5) is 9.59 Å². The van der Waals surface area contributed by atoms with Crippen LogP contribution >= 0.6 is 19.2 Å². The quantitative estimate of drug-likeness (QED) is 0.136. The summed E-state index contributed by atoms with van der Waals surface area (Å²) in [5.41, 5.74) is 1.47. The van der Waals surface area contributed by atoms with Crippen molar-refractivity contribution in [2.75, 3.05) is 40.8 Å². The van der Waals surface area contributed by atoms with Gasteiger partial charge >= 0.3 is 19.9 Å². The topological polar surface area (TPSA) is 207 Å². The lowest BCUT2D eigenvalue weighted by molar-refractivity contribution is -0.0642. The third-order valence-corrected chi connectivity index (χ3v) is 9.10. The van der Waals surface area contributed by atoms with Gasteiger partial charge in [-0.1, -0.05) is 37.3 Å². The van der Waals surface area contributed by atoms with Gasteiger partial charge in [0.1, 0.15) is 41.5 Å². The number of halogens is 1. The van der Waals surface area contributed by atoms with Gasteiger partial charge in [0.05, 0.1) is 26.4 Å². The Morgan fingerprint density at radius 1 is 1.14 bits per heavy atom. The fourth-order valence-corrected chi connectivity index (χ4v) is 6.37. The monoisotopic (exact) mass is 661 g/mol. The van der Waals surface area contributed by atoms with Gasteiger partial charge in [0.15, 0.2) is 6.23 Å². The number of carbonyl (C=O) groups is 2. The van der Waals surface area contributed by atoms with Gasteiger partial charge in [0.2, 0.25) is 13.6 Å². The molecule has 1 aliphatic heterocycles. The molecule has 0 amide bonds. The van der Waals surface area contributed by atoms with Gasteiger partial charge in [-0.15, -0.1) is 0 Å². The molecule has 2 aliphatic rings. The van der Waals surface area contributed by atoms with Crippen LogP contribution in [0.5, 0.6) is 0 Å². The zero-order chi connectivity index (χ0) is 31.9. The molecule has 1 aliphatic carbocycles. The molecule has 3 heterocycles. The van der Waals surface area contributed by atoms with E-state index in [4.69, 9.17) is 30.1 Å². The van der Waals surface area contributed by atoms with Crippen LogP contribution in [0.25, 0.3) is 11.0 Å². The smallest absolute Gasteiger partial charge is 0.438 e. The number of ether oxygens (including phenoxy) is 6. The highest BCUT2D eigenvalue weighted by atomic mass is 35.5. The maximum absolute atomic E-state index is 13.1. The number of pyridine rings is 1. The Morgan fingerprint density at radius 2 is 1.77 bits per heavy atom. The number of nitrogens with zero attached hydrogens (tertiary/aromatic N) is 3. The van der Waals surface area contributed by atoms with Gasteiger partial charge in [0, 0.05) is 11.6 Å². The highest BCUT2D eigenvalue weighted by molar-refractivity contribution is 7.53. The molecule has 16 nitrogen and oxygen atoms in total. The van der Waals surface area contributed by atoms with Crippen LogP contribution in [0.15, 0.2) is 12.3 Å². The van der Waals surface area contributed by atoms with Crippen LogP contribution in [0.2, 0.25) is 5.15 Å². The van der Waals surface area contributed by atoms with Crippen LogP contribution in [0, 0.1) is 17.2 Å². The summed E-state index contributed by atoms with van der Waals surface area (Å²) in [4.78, 5) is 26.8. The molecule has 0 spiro atoms. The molecule has 1 saturated carbocycles. The first-order valence-corrected chi connectivity index (χ1v) is 15.7. The second-order valence-corrected chi connectivity index (χ2v) is 12.4. The fraction of sp³-hybridized carbons (Fsp3) is 0.615. The molecule has 18 heteroatoms. The summed E-state index contributed by atoms with van der Waals surface area (Å²) in [7, 11) is -2.10. The summed E-state index contributed by atoms with van der Waals surface area (Å²) in [6, 6.07) is 3.94. The molecule has 4 atom stereocenters. The number of aliphatic hydroxyl groups is 2. The van der Waals surface area contributed by atoms with E-state index in [9.17, 15) is 29.6 Å². The molecule has 0 aromatic carbocycles. The minimum Gasteiger partial charge on any atom is -0.438 e. The molecule has 4 rings (SSSR count). The van der Waals surface area contributed by atoms with Crippen molar-refractivity contribution in [2.24, 2.45) is 5.92 Å². The summed E-state index contributed by atoms with van der Waals surface area (Å²) >= 11 is 6.42. The van der Waals surface area contributed by atoms with E-state index in [1.807, 2.05) is 0 Å². The number of fused-ring (bicyclic) bond motifs is 1.